The van der Waals surface area contributed by atoms with Crippen molar-refractivity contribution in [3.05, 3.63) is 81.2 Å². The van der Waals surface area contributed by atoms with E-state index in [9.17, 15) is 36.6 Å². The number of benzene rings is 2. The largest absolute Gasteiger partial charge is 0.455 e. The monoisotopic (exact) mass is 518 g/mol. The van der Waals surface area contributed by atoms with Gasteiger partial charge in [0.05, 0.1) is 13.2 Å². The Morgan fingerprint density at radius 3 is 2.09 bits per heavy atom. The molecule has 0 aliphatic heterocycles. The Balaban J connectivity index is 1.89. The third-order valence-corrected chi connectivity index (χ3v) is 6.90. The van der Waals surface area contributed by atoms with E-state index >= 15 is 0 Å². The lowest BCUT2D eigenvalue weighted by molar-refractivity contribution is -0.390. The SMILES string of the molecule is CCc1c(-c2cc(CCc3ccc(CO)c(CO)c3)cs2)cccc1C(F)(F)C(O)(F)C(F)(F)F. The number of aryl methyl sites for hydroxylation is 2. The van der Waals surface area contributed by atoms with Gasteiger partial charge in [-0.3, -0.25) is 0 Å². The van der Waals surface area contributed by atoms with E-state index in [2.05, 4.69) is 0 Å². The smallest absolute Gasteiger partial charge is 0.392 e. The standard InChI is InChI=1S/C25H24F6O3S/c1-2-19-20(4-3-5-21(19)23(26,27)24(28,34)25(29,30)31)22-11-16(14-35-22)7-6-15-8-9-17(12-32)18(10-15)13-33/h3-5,8-11,14,32-34H,2,6-7,12-13H2,1H3. The van der Waals surface area contributed by atoms with Crippen molar-refractivity contribution in [3.8, 4) is 10.4 Å². The summed E-state index contributed by atoms with van der Waals surface area (Å²) in [6, 6.07) is 10.4. The molecule has 1 atom stereocenters. The zero-order chi connectivity index (χ0) is 26.0. The van der Waals surface area contributed by atoms with Crippen LogP contribution in [-0.2, 0) is 38.4 Å². The number of rotatable bonds is 9. The maximum absolute atomic E-state index is 14.6. The predicted molar refractivity (Wildman–Crippen MR) is 121 cm³/mol. The molecule has 2 aromatic carbocycles. The van der Waals surface area contributed by atoms with E-state index in [0.29, 0.717) is 34.9 Å². The number of hydrogen-bond donors (Lipinski definition) is 3. The van der Waals surface area contributed by atoms with Gasteiger partial charge in [0, 0.05) is 10.4 Å². The molecule has 0 saturated heterocycles. The highest BCUT2D eigenvalue weighted by Crippen LogP contribution is 2.51. The Kier molecular flexibility index (Phi) is 8.00. The van der Waals surface area contributed by atoms with E-state index in [1.54, 1.807) is 23.6 Å². The van der Waals surface area contributed by atoms with Crippen molar-refractivity contribution in [2.75, 3.05) is 0 Å². The number of halogens is 6. The van der Waals surface area contributed by atoms with E-state index in [0.717, 1.165) is 17.2 Å². The molecule has 0 amide bonds. The first kappa shape index (κ1) is 27.2. The van der Waals surface area contributed by atoms with Gasteiger partial charge >= 0.3 is 18.0 Å². The Bertz CT molecular complexity index is 1170. The van der Waals surface area contributed by atoms with Gasteiger partial charge in [0.1, 0.15) is 0 Å². The first-order valence-electron chi connectivity index (χ1n) is 10.8. The summed E-state index contributed by atoms with van der Waals surface area (Å²) in [5.74, 6) is -10.9. The molecule has 10 heteroatoms. The van der Waals surface area contributed by atoms with Crippen LogP contribution in [0, 0.1) is 0 Å². The molecule has 3 rings (SSSR count). The van der Waals surface area contributed by atoms with Crippen LogP contribution in [0.5, 0.6) is 0 Å². The molecule has 1 heterocycles. The average Bonchev–Trinajstić information content (AvgIpc) is 3.30. The molecule has 1 aromatic heterocycles. The van der Waals surface area contributed by atoms with Gasteiger partial charge in [-0.1, -0.05) is 43.3 Å². The van der Waals surface area contributed by atoms with Crippen molar-refractivity contribution in [1.82, 2.24) is 0 Å². The fourth-order valence-corrected chi connectivity index (χ4v) is 4.92. The highest BCUT2D eigenvalue weighted by atomic mass is 32.1. The van der Waals surface area contributed by atoms with Crippen molar-refractivity contribution in [1.29, 1.82) is 0 Å². The molecule has 0 radical (unpaired) electrons. The first-order valence-corrected chi connectivity index (χ1v) is 11.6. The van der Waals surface area contributed by atoms with Crippen LogP contribution in [0.3, 0.4) is 0 Å². The summed E-state index contributed by atoms with van der Waals surface area (Å²) in [6.45, 7) is 1.06. The molecule has 1 unspecified atom stereocenters. The molecule has 3 N–H and O–H groups in total. The Labute approximate surface area is 202 Å². The number of aliphatic hydroxyl groups excluding tert-OH is 2. The number of thiophene rings is 1. The number of aliphatic hydroxyl groups is 3. The van der Waals surface area contributed by atoms with Gasteiger partial charge in [-0.05, 0) is 64.1 Å². The maximum atomic E-state index is 14.6. The Hall–Kier alpha value is -2.40. The second kappa shape index (κ2) is 10.3. The van der Waals surface area contributed by atoms with Gasteiger partial charge in [0.25, 0.3) is 0 Å². The summed E-state index contributed by atoms with van der Waals surface area (Å²) >= 11 is 1.22. The summed E-state index contributed by atoms with van der Waals surface area (Å²) in [7, 11) is 0. The van der Waals surface area contributed by atoms with Crippen molar-refractivity contribution in [2.24, 2.45) is 0 Å². The van der Waals surface area contributed by atoms with Crippen LogP contribution in [0.4, 0.5) is 26.3 Å². The minimum absolute atomic E-state index is 0.108. The summed E-state index contributed by atoms with van der Waals surface area (Å²) in [4.78, 5) is 0.524. The first-order chi connectivity index (χ1) is 16.4. The molecular weight excluding hydrogens is 494 g/mol. The predicted octanol–water partition coefficient (Wildman–Crippen LogP) is 6.06. The lowest BCUT2D eigenvalue weighted by Crippen LogP contribution is -2.53. The molecular formula is C25H24F6O3S. The second-order valence-corrected chi connectivity index (χ2v) is 9.03. The van der Waals surface area contributed by atoms with Gasteiger partial charge in [-0.15, -0.1) is 11.3 Å². The molecule has 0 aliphatic carbocycles. The fraction of sp³-hybridized carbons (Fsp3) is 0.360. The van der Waals surface area contributed by atoms with Crippen molar-refractivity contribution in [2.45, 2.75) is 57.4 Å². The average molecular weight is 519 g/mol. The Morgan fingerprint density at radius 1 is 0.829 bits per heavy atom. The number of alkyl halides is 6. The molecule has 0 bridgehead atoms. The zero-order valence-electron chi connectivity index (χ0n) is 18.7. The van der Waals surface area contributed by atoms with Crippen LogP contribution < -0.4 is 0 Å². The van der Waals surface area contributed by atoms with Gasteiger partial charge in [-0.2, -0.15) is 26.3 Å². The van der Waals surface area contributed by atoms with E-state index in [4.69, 9.17) is 5.11 Å². The maximum Gasteiger partial charge on any atom is 0.455 e. The van der Waals surface area contributed by atoms with E-state index < -0.39 is 23.5 Å². The van der Waals surface area contributed by atoms with Crippen molar-refractivity contribution >= 4 is 11.3 Å². The lowest BCUT2D eigenvalue weighted by atomic mass is 9.90. The van der Waals surface area contributed by atoms with Gasteiger partial charge in [-0.25, -0.2) is 0 Å². The van der Waals surface area contributed by atoms with Crippen LogP contribution in [0.1, 0.15) is 40.3 Å². The van der Waals surface area contributed by atoms with E-state index in [1.165, 1.54) is 24.3 Å². The topological polar surface area (TPSA) is 60.7 Å². The minimum atomic E-state index is -6.18. The zero-order valence-corrected chi connectivity index (χ0v) is 19.5. The molecule has 0 aliphatic rings. The van der Waals surface area contributed by atoms with E-state index in [1.807, 2.05) is 6.07 Å². The minimum Gasteiger partial charge on any atom is -0.392 e. The number of hydrogen-bond acceptors (Lipinski definition) is 4. The van der Waals surface area contributed by atoms with Crippen LogP contribution in [0.15, 0.2) is 47.8 Å². The second-order valence-electron chi connectivity index (χ2n) is 8.12. The van der Waals surface area contributed by atoms with Crippen LogP contribution in [0.2, 0.25) is 0 Å². The highest BCUT2D eigenvalue weighted by Gasteiger charge is 2.71. The van der Waals surface area contributed by atoms with Gasteiger partial charge in [0.2, 0.25) is 0 Å². The molecule has 0 fully saturated rings. The Morgan fingerprint density at radius 2 is 1.49 bits per heavy atom. The summed E-state index contributed by atoms with van der Waals surface area (Å²) in [5.41, 5.74) is 1.88. The third-order valence-electron chi connectivity index (χ3n) is 5.89. The molecule has 0 saturated carbocycles. The molecule has 3 aromatic rings. The summed E-state index contributed by atoms with van der Waals surface area (Å²) < 4.78 is 81.8. The van der Waals surface area contributed by atoms with E-state index in [-0.39, 0.29) is 30.8 Å². The van der Waals surface area contributed by atoms with Gasteiger partial charge in [0.15, 0.2) is 0 Å². The van der Waals surface area contributed by atoms with Crippen LogP contribution in [0.25, 0.3) is 10.4 Å². The molecule has 35 heavy (non-hydrogen) atoms. The summed E-state index contributed by atoms with van der Waals surface area (Å²) in [5, 5.41) is 29.7. The van der Waals surface area contributed by atoms with Crippen molar-refractivity contribution in [3.63, 3.8) is 0 Å². The summed E-state index contributed by atoms with van der Waals surface area (Å²) in [6.07, 6.45) is -5.13. The van der Waals surface area contributed by atoms with Crippen molar-refractivity contribution < 1.29 is 41.7 Å². The van der Waals surface area contributed by atoms with Gasteiger partial charge < -0.3 is 15.3 Å². The quantitative estimate of drug-likeness (QED) is 0.302. The van der Waals surface area contributed by atoms with Crippen LogP contribution >= 0.6 is 11.3 Å². The third kappa shape index (κ3) is 5.25. The fourth-order valence-electron chi connectivity index (χ4n) is 3.92. The molecule has 3 nitrogen and oxygen atoms in total. The lowest BCUT2D eigenvalue weighted by Gasteiger charge is -2.32. The highest BCUT2D eigenvalue weighted by molar-refractivity contribution is 7.13. The molecule has 190 valence electrons. The normalized spacial score (nSPS) is 14.2. The molecule has 0 spiro atoms. The van der Waals surface area contributed by atoms with Crippen LogP contribution in [-0.4, -0.2) is 27.4 Å².